The molecule has 0 bridgehead atoms. The highest BCUT2D eigenvalue weighted by Crippen LogP contribution is 2.39. The third-order valence-corrected chi connectivity index (χ3v) is 5.00. The minimum Gasteiger partial charge on any atom is -0.490 e. The van der Waals surface area contributed by atoms with Crippen LogP contribution in [0.4, 0.5) is 0 Å². The Bertz CT molecular complexity index is 536. The van der Waals surface area contributed by atoms with Gasteiger partial charge in [0.05, 0.1) is 11.6 Å². The molecule has 2 fully saturated rings. The lowest BCUT2D eigenvalue weighted by molar-refractivity contribution is 0.0897. The molecule has 1 amide bonds. The van der Waals surface area contributed by atoms with Gasteiger partial charge in [0.25, 0.3) is 5.91 Å². The molecule has 1 atom stereocenters. The maximum atomic E-state index is 12.5. The Morgan fingerprint density at radius 3 is 2.68 bits per heavy atom. The number of carbonyl (C=O) groups is 1. The van der Waals surface area contributed by atoms with Crippen molar-refractivity contribution in [1.82, 2.24) is 5.32 Å². The van der Waals surface area contributed by atoms with Crippen LogP contribution in [0.3, 0.4) is 0 Å². The van der Waals surface area contributed by atoms with Gasteiger partial charge in [-0.25, -0.2) is 0 Å². The average Bonchev–Trinajstić information content (AvgIpc) is 3.27. The second-order valence-electron chi connectivity index (χ2n) is 6.90. The van der Waals surface area contributed by atoms with Crippen molar-refractivity contribution in [3.63, 3.8) is 0 Å². The van der Waals surface area contributed by atoms with Crippen LogP contribution in [0.1, 0.15) is 55.8 Å². The van der Waals surface area contributed by atoms with Gasteiger partial charge in [-0.15, -0.1) is 0 Å². The topological polar surface area (TPSA) is 64.3 Å². The second-order valence-corrected chi connectivity index (χ2v) is 6.90. The lowest BCUT2D eigenvalue weighted by Gasteiger charge is -2.29. The molecule has 4 nitrogen and oxygen atoms in total. The summed E-state index contributed by atoms with van der Waals surface area (Å²) in [6, 6.07) is 7.49. The molecular formula is C18H26N2O2. The van der Waals surface area contributed by atoms with Gasteiger partial charge in [0.1, 0.15) is 5.75 Å². The van der Waals surface area contributed by atoms with Crippen LogP contribution in [-0.4, -0.2) is 24.1 Å². The molecule has 2 aliphatic carbocycles. The Labute approximate surface area is 132 Å². The zero-order valence-corrected chi connectivity index (χ0v) is 13.3. The van der Waals surface area contributed by atoms with E-state index in [1.165, 1.54) is 12.8 Å². The molecule has 0 saturated heterocycles. The third kappa shape index (κ3) is 3.43. The molecule has 2 saturated carbocycles. The predicted molar refractivity (Wildman–Crippen MR) is 87.0 cm³/mol. The molecule has 0 heterocycles. The molecule has 120 valence electrons. The fourth-order valence-corrected chi connectivity index (χ4v) is 3.28. The molecule has 0 spiro atoms. The van der Waals surface area contributed by atoms with Crippen LogP contribution >= 0.6 is 0 Å². The van der Waals surface area contributed by atoms with Crippen LogP contribution in [0.25, 0.3) is 0 Å². The average molecular weight is 302 g/mol. The molecular weight excluding hydrogens is 276 g/mol. The van der Waals surface area contributed by atoms with Crippen molar-refractivity contribution in [2.75, 3.05) is 6.54 Å². The highest BCUT2D eigenvalue weighted by Gasteiger charge is 2.41. The second kappa shape index (κ2) is 6.29. The summed E-state index contributed by atoms with van der Waals surface area (Å²) in [5, 5.41) is 3.12. The lowest BCUT2D eigenvalue weighted by atomic mass is 9.95. The predicted octanol–water partition coefficient (Wildman–Crippen LogP) is 2.87. The van der Waals surface area contributed by atoms with Crippen LogP contribution in [-0.2, 0) is 0 Å². The fraction of sp³-hybridized carbons (Fsp3) is 0.611. The number of amides is 1. The summed E-state index contributed by atoms with van der Waals surface area (Å²) in [6.07, 6.45) is 7.31. The quantitative estimate of drug-likeness (QED) is 0.849. The normalized spacial score (nSPS) is 21.4. The Balaban J connectivity index is 1.66. The smallest absolute Gasteiger partial charge is 0.251 e. The van der Waals surface area contributed by atoms with Gasteiger partial charge in [-0.3, -0.25) is 4.79 Å². The van der Waals surface area contributed by atoms with E-state index in [0.29, 0.717) is 24.1 Å². The first-order valence-corrected chi connectivity index (χ1v) is 8.40. The van der Waals surface area contributed by atoms with E-state index in [2.05, 4.69) is 5.32 Å². The first-order chi connectivity index (χ1) is 10.6. The summed E-state index contributed by atoms with van der Waals surface area (Å²) in [5.74, 6) is 1.25. The summed E-state index contributed by atoms with van der Waals surface area (Å²) in [6.45, 7) is 2.52. The lowest BCUT2D eigenvalue weighted by Crippen LogP contribution is -2.53. The SMILES string of the molecule is CC(CN)(NC(=O)c1cccc(OC2CCCC2)c1)C1CC1. The van der Waals surface area contributed by atoms with Gasteiger partial charge in [-0.2, -0.15) is 0 Å². The molecule has 1 aromatic rings. The van der Waals surface area contributed by atoms with Crippen molar-refractivity contribution in [3.8, 4) is 5.75 Å². The summed E-state index contributed by atoms with van der Waals surface area (Å²) < 4.78 is 5.98. The van der Waals surface area contributed by atoms with Gasteiger partial charge in [0.2, 0.25) is 0 Å². The Morgan fingerprint density at radius 1 is 1.32 bits per heavy atom. The number of hydrogen-bond donors (Lipinski definition) is 2. The van der Waals surface area contributed by atoms with Crippen molar-refractivity contribution in [2.45, 2.75) is 57.1 Å². The van der Waals surface area contributed by atoms with E-state index in [0.717, 1.165) is 31.4 Å². The first kappa shape index (κ1) is 15.3. The molecule has 0 radical (unpaired) electrons. The van der Waals surface area contributed by atoms with E-state index in [9.17, 15) is 4.79 Å². The number of nitrogens with two attached hydrogens (primary N) is 1. The monoisotopic (exact) mass is 302 g/mol. The van der Waals surface area contributed by atoms with Crippen molar-refractivity contribution < 1.29 is 9.53 Å². The van der Waals surface area contributed by atoms with Crippen molar-refractivity contribution in [2.24, 2.45) is 11.7 Å². The van der Waals surface area contributed by atoms with E-state index in [1.54, 1.807) is 0 Å². The molecule has 22 heavy (non-hydrogen) atoms. The molecule has 4 heteroatoms. The van der Waals surface area contributed by atoms with Gasteiger partial charge in [-0.05, 0) is 69.6 Å². The maximum absolute atomic E-state index is 12.5. The maximum Gasteiger partial charge on any atom is 0.251 e. The molecule has 1 unspecified atom stereocenters. The third-order valence-electron chi connectivity index (χ3n) is 5.00. The van der Waals surface area contributed by atoms with E-state index in [1.807, 2.05) is 31.2 Å². The highest BCUT2D eigenvalue weighted by molar-refractivity contribution is 5.95. The van der Waals surface area contributed by atoms with Crippen LogP contribution in [0.2, 0.25) is 0 Å². The summed E-state index contributed by atoms with van der Waals surface area (Å²) in [4.78, 5) is 12.5. The Kier molecular flexibility index (Phi) is 4.39. The van der Waals surface area contributed by atoms with Crippen LogP contribution in [0, 0.1) is 5.92 Å². The van der Waals surface area contributed by atoms with Gasteiger partial charge < -0.3 is 15.8 Å². The van der Waals surface area contributed by atoms with Crippen molar-refractivity contribution >= 4 is 5.91 Å². The zero-order chi connectivity index (χ0) is 15.6. The minimum absolute atomic E-state index is 0.0586. The van der Waals surface area contributed by atoms with Crippen molar-refractivity contribution in [1.29, 1.82) is 0 Å². The van der Waals surface area contributed by atoms with E-state index < -0.39 is 0 Å². The fourth-order valence-electron chi connectivity index (χ4n) is 3.28. The number of carbonyl (C=O) groups excluding carboxylic acids is 1. The van der Waals surface area contributed by atoms with Crippen LogP contribution < -0.4 is 15.8 Å². The summed E-state index contributed by atoms with van der Waals surface area (Å²) in [5.41, 5.74) is 6.23. The molecule has 2 aliphatic rings. The largest absolute Gasteiger partial charge is 0.490 e. The number of nitrogens with one attached hydrogen (secondary N) is 1. The number of hydrogen-bond acceptors (Lipinski definition) is 3. The summed E-state index contributed by atoms with van der Waals surface area (Å²) >= 11 is 0. The van der Waals surface area contributed by atoms with Gasteiger partial charge >= 0.3 is 0 Å². The van der Waals surface area contributed by atoms with Gasteiger partial charge in [0.15, 0.2) is 0 Å². The number of ether oxygens (including phenoxy) is 1. The number of benzene rings is 1. The Hall–Kier alpha value is -1.55. The van der Waals surface area contributed by atoms with Gasteiger partial charge in [0, 0.05) is 12.1 Å². The van der Waals surface area contributed by atoms with E-state index in [4.69, 9.17) is 10.5 Å². The molecule has 3 rings (SSSR count). The van der Waals surface area contributed by atoms with E-state index in [-0.39, 0.29) is 11.4 Å². The zero-order valence-electron chi connectivity index (χ0n) is 13.3. The minimum atomic E-state index is -0.292. The van der Waals surface area contributed by atoms with E-state index >= 15 is 0 Å². The van der Waals surface area contributed by atoms with Crippen LogP contribution in [0.15, 0.2) is 24.3 Å². The molecule has 0 aliphatic heterocycles. The highest BCUT2D eigenvalue weighted by atomic mass is 16.5. The van der Waals surface area contributed by atoms with Crippen LogP contribution in [0.5, 0.6) is 5.75 Å². The standard InChI is InChI=1S/C18H26N2O2/c1-18(12-19,14-9-10-14)20-17(21)13-5-4-8-16(11-13)22-15-6-2-3-7-15/h4-5,8,11,14-15H,2-3,6-7,9-10,12,19H2,1H3,(H,20,21). The molecule has 0 aromatic heterocycles. The Morgan fingerprint density at radius 2 is 2.05 bits per heavy atom. The number of rotatable bonds is 6. The summed E-state index contributed by atoms with van der Waals surface area (Å²) in [7, 11) is 0. The molecule has 1 aromatic carbocycles. The van der Waals surface area contributed by atoms with Gasteiger partial charge in [-0.1, -0.05) is 6.07 Å². The molecule has 3 N–H and O–H groups in total. The first-order valence-electron chi connectivity index (χ1n) is 8.40. The van der Waals surface area contributed by atoms with Crippen molar-refractivity contribution in [3.05, 3.63) is 29.8 Å².